The van der Waals surface area contributed by atoms with Crippen molar-refractivity contribution >= 4 is 17.3 Å². The molecular weight excluding hydrogens is 296 g/mol. The lowest BCUT2D eigenvalue weighted by Gasteiger charge is -2.10. The molecule has 0 radical (unpaired) electrons. The molecule has 3 aromatic rings. The zero-order valence-corrected chi connectivity index (χ0v) is 14.1. The minimum absolute atomic E-state index is 0.745. The van der Waals surface area contributed by atoms with E-state index in [1.165, 1.54) is 11.1 Å². The molecule has 0 aliphatic carbocycles. The average Bonchev–Trinajstić information content (AvgIpc) is 2.57. The smallest absolute Gasteiger partial charge is 0.136 e. The number of benzene rings is 2. The molecule has 0 unspecified atom stereocenters. The van der Waals surface area contributed by atoms with Crippen LogP contribution in [0.2, 0.25) is 0 Å². The van der Waals surface area contributed by atoms with Crippen LogP contribution in [0.4, 0.5) is 17.3 Å². The molecule has 0 bridgehead atoms. The van der Waals surface area contributed by atoms with Crippen LogP contribution in [0.15, 0.2) is 60.7 Å². The maximum absolute atomic E-state index is 4.46. The molecule has 2 N–H and O–H groups in total. The molecule has 4 nitrogen and oxygen atoms in total. The Bertz CT molecular complexity index is 782. The molecule has 4 heteroatoms. The molecule has 0 saturated carbocycles. The molecule has 0 atom stereocenters. The number of anilines is 3. The Balaban J connectivity index is 1.64. The standard InChI is InChI=1S/C20H22N4/c1-15-8-10-18(11-9-15)24-20-14-19(22-16(2)23-20)21-13-12-17-6-4-3-5-7-17/h3-11,14H,12-13H2,1-2H3,(H2,21,22,23,24). The summed E-state index contributed by atoms with van der Waals surface area (Å²) < 4.78 is 0. The summed E-state index contributed by atoms with van der Waals surface area (Å²) in [4.78, 5) is 8.91. The van der Waals surface area contributed by atoms with E-state index in [9.17, 15) is 0 Å². The van der Waals surface area contributed by atoms with Gasteiger partial charge in [-0.15, -0.1) is 0 Å². The lowest BCUT2D eigenvalue weighted by molar-refractivity contribution is 0.983. The predicted molar refractivity (Wildman–Crippen MR) is 99.9 cm³/mol. The number of rotatable bonds is 6. The van der Waals surface area contributed by atoms with Crippen molar-refractivity contribution < 1.29 is 0 Å². The minimum atomic E-state index is 0.745. The van der Waals surface area contributed by atoms with Crippen LogP contribution in [0.5, 0.6) is 0 Å². The van der Waals surface area contributed by atoms with Gasteiger partial charge in [0.1, 0.15) is 17.5 Å². The molecule has 122 valence electrons. The number of aromatic nitrogens is 2. The van der Waals surface area contributed by atoms with Crippen LogP contribution in [0.25, 0.3) is 0 Å². The van der Waals surface area contributed by atoms with E-state index in [0.717, 1.165) is 36.1 Å². The SMILES string of the molecule is Cc1ccc(Nc2cc(NCCc3ccccc3)nc(C)n2)cc1. The Morgan fingerprint density at radius 2 is 1.54 bits per heavy atom. The highest BCUT2D eigenvalue weighted by Gasteiger charge is 2.03. The van der Waals surface area contributed by atoms with E-state index in [4.69, 9.17) is 0 Å². The highest BCUT2D eigenvalue weighted by atomic mass is 15.1. The number of nitrogens with zero attached hydrogens (tertiary/aromatic N) is 2. The quantitative estimate of drug-likeness (QED) is 0.703. The van der Waals surface area contributed by atoms with Gasteiger partial charge in [0, 0.05) is 18.3 Å². The molecule has 1 aromatic heterocycles. The largest absolute Gasteiger partial charge is 0.370 e. The first-order valence-corrected chi connectivity index (χ1v) is 8.16. The van der Waals surface area contributed by atoms with Gasteiger partial charge in [-0.3, -0.25) is 0 Å². The van der Waals surface area contributed by atoms with Crippen LogP contribution in [-0.4, -0.2) is 16.5 Å². The Kier molecular flexibility index (Phi) is 5.06. The van der Waals surface area contributed by atoms with Gasteiger partial charge in [0.2, 0.25) is 0 Å². The van der Waals surface area contributed by atoms with E-state index in [1.807, 2.05) is 19.1 Å². The summed E-state index contributed by atoms with van der Waals surface area (Å²) in [5.74, 6) is 2.39. The molecule has 0 aliphatic heterocycles. The first-order chi connectivity index (χ1) is 11.7. The second kappa shape index (κ2) is 7.59. The topological polar surface area (TPSA) is 49.8 Å². The van der Waals surface area contributed by atoms with Gasteiger partial charge in [0.15, 0.2) is 0 Å². The van der Waals surface area contributed by atoms with Gasteiger partial charge >= 0.3 is 0 Å². The molecule has 0 aliphatic rings. The van der Waals surface area contributed by atoms with Crippen molar-refractivity contribution in [3.05, 3.63) is 77.6 Å². The fourth-order valence-corrected chi connectivity index (χ4v) is 2.49. The normalized spacial score (nSPS) is 10.4. The summed E-state index contributed by atoms with van der Waals surface area (Å²) in [6, 6.07) is 20.6. The van der Waals surface area contributed by atoms with Gasteiger partial charge in [-0.2, -0.15) is 0 Å². The van der Waals surface area contributed by atoms with Crippen LogP contribution in [0, 0.1) is 13.8 Å². The maximum atomic E-state index is 4.46. The van der Waals surface area contributed by atoms with Crippen molar-refractivity contribution in [3.8, 4) is 0 Å². The van der Waals surface area contributed by atoms with Crippen molar-refractivity contribution in [2.45, 2.75) is 20.3 Å². The van der Waals surface area contributed by atoms with Crippen LogP contribution >= 0.6 is 0 Å². The molecule has 0 amide bonds. The van der Waals surface area contributed by atoms with Gasteiger partial charge in [-0.05, 0) is 38.0 Å². The maximum Gasteiger partial charge on any atom is 0.136 e. The summed E-state index contributed by atoms with van der Waals surface area (Å²) in [5.41, 5.74) is 3.57. The molecular formula is C20H22N4. The second-order valence-corrected chi connectivity index (χ2v) is 5.84. The molecule has 24 heavy (non-hydrogen) atoms. The van der Waals surface area contributed by atoms with E-state index in [2.05, 4.69) is 76.1 Å². The zero-order chi connectivity index (χ0) is 16.8. The van der Waals surface area contributed by atoms with Crippen LogP contribution in [0.1, 0.15) is 17.0 Å². The highest BCUT2D eigenvalue weighted by molar-refractivity contribution is 5.59. The average molecular weight is 318 g/mol. The Morgan fingerprint density at radius 3 is 2.29 bits per heavy atom. The fraction of sp³-hybridized carbons (Fsp3) is 0.200. The first kappa shape index (κ1) is 16.0. The number of hydrogen-bond donors (Lipinski definition) is 2. The summed E-state index contributed by atoms with van der Waals surface area (Å²) in [7, 11) is 0. The third-order valence-electron chi connectivity index (χ3n) is 3.72. The van der Waals surface area contributed by atoms with Gasteiger partial charge in [-0.25, -0.2) is 9.97 Å². The van der Waals surface area contributed by atoms with Gasteiger partial charge in [0.05, 0.1) is 0 Å². The third-order valence-corrected chi connectivity index (χ3v) is 3.72. The minimum Gasteiger partial charge on any atom is -0.370 e. The van der Waals surface area contributed by atoms with Crippen LogP contribution in [0.3, 0.4) is 0 Å². The molecule has 1 heterocycles. The van der Waals surface area contributed by atoms with E-state index < -0.39 is 0 Å². The summed E-state index contributed by atoms with van der Waals surface area (Å²) in [5, 5.41) is 6.71. The van der Waals surface area contributed by atoms with E-state index >= 15 is 0 Å². The number of nitrogens with one attached hydrogen (secondary N) is 2. The van der Waals surface area contributed by atoms with Crippen molar-refractivity contribution in [1.82, 2.24) is 9.97 Å². The third kappa shape index (κ3) is 4.56. The zero-order valence-electron chi connectivity index (χ0n) is 14.1. The Labute approximate surface area is 143 Å². The van der Waals surface area contributed by atoms with E-state index in [0.29, 0.717) is 0 Å². The van der Waals surface area contributed by atoms with Crippen LogP contribution in [-0.2, 0) is 6.42 Å². The van der Waals surface area contributed by atoms with Crippen molar-refractivity contribution in [2.24, 2.45) is 0 Å². The van der Waals surface area contributed by atoms with E-state index in [-0.39, 0.29) is 0 Å². The van der Waals surface area contributed by atoms with Gasteiger partial charge in [0.25, 0.3) is 0 Å². The van der Waals surface area contributed by atoms with Gasteiger partial charge in [-0.1, -0.05) is 48.0 Å². The van der Waals surface area contributed by atoms with Gasteiger partial charge < -0.3 is 10.6 Å². The van der Waals surface area contributed by atoms with E-state index in [1.54, 1.807) is 0 Å². The highest BCUT2D eigenvalue weighted by Crippen LogP contribution is 2.18. The fourth-order valence-electron chi connectivity index (χ4n) is 2.49. The monoisotopic (exact) mass is 318 g/mol. The Hall–Kier alpha value is -2.88. The predicted octanol–water partition coefficient (Wildman–Crippen LogP) is 4.49. The first-order valence-electron chi connectivity index (χ1n) is 8.16. The Morgan fingerprint density at radius 1 is 0.833 bits per heavy atom. The molecule has 0 saturated heterocycles. The summed E-state index contributed by atoms with van der Waals surface area (Å²) in [6.45, 7) is 4.82. The lowest BCUT2D eigenvalue weighted by atomic mass is 10.1. The van der Waals surface area contributed by atoms with Crippen LogP contribution < -0.4 is 10.6 Å². The van der Waals surface area contributed by atoms with Crippen molar-refractivity contribution in [2.75, 3.05) is 17.2 Å². The lowest BCUT2D eigenvalue weighted by Crippen LogP contribution is -2.08. The molecule has 2 aromatic carbocycles. The molecule has 0 fully saturated rings. The number of hydrogen-bond acceptors (Lipinski definition) is 4. The molecule has 3 rings (SSSR count). The van der Waals surface area contributed by atoms with Crippen molar-refractivity contribution in [1.29, 1.82) is 0 Å². The summed E-state index contributed by atoms with van der Waals surface area (Å²) in [6.07, 6.45) is 0.963. The molecule has 0 spiro atoms. The number of aryl methyl sites for hydroxylation is 2. The summed E-state index contributed by atoms with van der Waals surface area (Å²) >= 11 is 0. The van der Waals surface area contributed by atoms with Crippen molar-refractivity contribution in [3.63, 3.8) is 0 Å². The second-order valence-electron chi connectivity index (χ2n) is 5.84.